The summed E-state index contributed by atoms with van der Waals surface area (Å²) in [4.78, 5) is 5.28. The number of oxime groups is 1. The maximum Gasteiger partial charge on any atom is 0.154 e. The van der Waals surface area contributed by atoms with Crippen LogP contribution in [0.4, 0.5) is 0 Å². The van der Waals surface area contributed by atoms with E-state index in [-0.39, 0.29) is 5.75 Å². The second-order valence-electron chi connectivity index (χ2n) is 3.94. The third kappa shape index (κ3) is 2.07. The molecule has 0 aromatic heterocycles. The number of aromatic hydroxyl groups is 1. The molecule has 3 nitrogen and oxygen atoms in total. The number of rotatable bonds is 2. The molecule has 1 aliphatic rings. The Morgan fingerprint density at radius 3 is 2.67 bits per heavy atom. The minimum atomic E-state index is -0.394. The van der Waals surface area contributed by atoms with E-state index < -0.39 is 5.60 Å². The highest BCUT2D eigenvalue weighted by molar-refractivity contribution is 6.19. The van der Waals surface area contributed by atoms with Crippen molar-refractivity contribution in [3.05, 3.63) is 29.8 Å². The molecule has 1 N–H and O–H groups in total. The summed E-state index contributed by atoms with van der Waals surface area (Å²) in [7, 11) is 0. The fourth-order valence-electron chi connectivity index (χ4n) is 1.46. The van der Waals surface area contributed by atoms with Crippen LogP contribution in [0.25, 0.3) is 0 Å². The second kappa shape index (κ2) is 3.74. The summed E-state index contributed by atoms with van der Waals surface area (Å²) in [5.74, 6) is 0.663. The summed E-state index contributed by atoms with van der Waals surface area (Å²) in [6, 6.07) is 6.90. The zero-order valence-electron chi connectivity index (χ0n) is 8.40. The number of alkyl halides is 1. The molecular weight excluding hydrogens is 214 g/mol. The Kier molecular flexibility index (Phi) is 2.57. The molecule has 0 spiro atoms. The molecule has 2 rings (SSSR count). The average molecular weight is 226 g/mol. The van der Waals surface area contributed by atoms with Gasteiger partial charge in [-0.2, -0.15) is 0 Å². The van der Waals surface area contributed by atoms with Crippen molar-refractivity contribution in [2.45, 2.75) is 18.9 Å². The SMILES string of the molecule is CC1(CCl)CC(c2ccc(O)cc2)=NO1. The zero-order chi connectivity index (χ0) is 10.9. The highest BCUT2D eigenvalue weighted by Crippen LogP contribution is 2.27. The lowest BCUT2D eigenvalue weighted by Crippen LogP contribution is -2.26. The molecule has 4 heteroatoms. The van der Waals surface area contributed by atoms with E-state index in [1.54, 1.807) is 12.1 Å². The van der Waals surface area contributed by atoms with Gasteiger partial charge in [0, 0.05) is 6.42 Å². The van der Waals surface area contributed by atoms with Gasteiger partial charge in [-0.05, 0) is 36.8 Å². The summed E-state index contributed by atoms with van der Waals surface area (Å²) in [5.41, 5.74) is 1.44. The first-order chi connectivity index (χ1) is 7.13. The van der Waals surface area contributed by atoms with Crippen LogP contribution in [0, 0.1) is 0 Å². The molecule has 80 valence electrons. The van der Waals surface area contributed by atoms with Gasteiger partial charge in [0.25, 0.3) is 0 Å². The minimum Gasteiger partial charge on any atom is -0.508 e. The number of nitrogens with zero attached hydrogens (tertiary/aromatic N) is 1. The van der Waals surface area contributed by atoms with E-state index in [2.05, 4.69) is 5.16 Å². The molecule has 0 fully saturated rings. The number of hydrogen-bond donors (Lipinski definition) is 1. The average Bonchev–Trinajstić information content (AvgIpc) is 2.63. The van der Waals surface area contributed by atoms with Crippen LogP contribution < -0.4 is 0 Å². The molecule has 1 aromatic carbocycles. The summed E-state index contributed by atoms with van der Waals surface area (Å²) >= 11 is 5.79. The Morgan fingerprint density at radius 2 is 2.13 bits per heavy atom. The van der Waals surface area contributed by atoms with E-state index in [4.69, 9.17) is 21.5 Å². The van der Waals surface area contributed by atoms with Crippen LogP contribution in [0.1, 0.15) is 18.9 Å². The predicted molar refractivity (Wildman–Crippen MR) is 59.5 cm³/mol. The molecule has 1 aliphatic heterocycles. The molecule has 0 radical (unpaired) electrons. The van der Waals surface area contributed by atoms with Gasteiger partial charge in [0.1, 0.15) is 5.75 Å². The molecule has 0 amide bonds. The normalized spacial score (nSPS) is 24.8. The van der Waals surface area contributed by atoms with Gasteiger partial charge in [0.05, 0.1) is 11.6 Å². The van der Waals surface area contributed by atoms with Crippen LogP contribution in [-0.2, 0) is 4.84 Å². The van der Waals surface area contributed by atoms with Crippen molar-refractivity contribution in [2.24, 2.45) is 5.16 Å². The predicted octanol–water partition coefficient (Wildman–Crippen LogP) is 2.51. The molecule has 0 saturated heterocycles. The lowest BCUT2D eigenvalue weighted by molar-refractivity contribution is 0.0152. The van der Waals surface area contributed by atoms with E-state index in [1.165, 1.54) is 0 Å². The van der Waals surface area contributed by atoms with Crippen LogP contribution in [0.15, 0.2) is 29.4 Å². The standard InChI is InChI=1S/C11H12ClNO2/c1-11(7-12)6-10(13-15-11)8-2-4-9(14)5-3-8/h2-5,14H,6-7H2,1H3. The lowest BCUT2D eigenvalue weighted by Gasteiger charge is -2.16. The third-order valence-electron chi connectivity index (χ3n) is 2.40. The van der Waals surface area contributed by atoms with Gasteiger partial charge in [0.2, 0.25) is 0 Å². The summed E-state index contributed by atoms with van der Waals surface area (Å²) in [6.45, 7) is 1.93. The Labute approximate surface area is 93.3 Å². The molecule has 0 bridgehead atoms. The van der Waals surface area contributed by atoms with E-state index in [1.807, 2.05) is 19.1 Å². The van der Waals surface area contributed by atoms with Crippen LogP contribution in [0.2, 0.25) is 0 Å². The van der Waals surface area contributed by atoms with Crippen molar-refractivity contribution in [3.8, 4) is 5.75 Å². The fraction of sp³-hybridized carbons (Fsp3) is 0.364. The topological polar surface area (TPSA) is 41.8 Å². The fourth-order valence-corrected chi connectivity index (χ4v) is 1.61. The molecule has 0 aliphatic carbocycles. The summed E-state index contributed by atoms with van der Waals surface area (Å²) in [5, 5.41) is 13.2. The molecule has 1 atom stereocenters. The Hall–Kier alpha value is -1.22. The largest absolute Gasteiger partial charge is 0.508 e. The quantitative estimate of drug-likeness (QED) is 0.786. The highest BCUT2D eigenvalue weighted by atomic mass is 35.5. The van der Waals surface area contributed by atoms with Crippen molar-refractivity contribution in [1.29, 1.82) is 0 Å². The van der Waals surface area contributed by atoms with Crippen molar-refractivity contribution < 1.29 is 9.94 Å². The van der Waals surface area contributed by atoms with E-state index >= 15 is 0 Å². The molecule has 1 heterocycles. The van der Waals surface area contributed by atoms with Gasteiger partial charge in [-0.1, -0.05) is 5.16 Å². The van der Waals surface area contributed by atoms with E-state index in [9.17, 15) is 0 Å². The molecular formula is C11H12ClNO2. The lowest BCUT2D eigenvalue weighted by atomic mass is 9.98. The van der Waals surface area contributed by atoms with E-state index in [0.717, 1.165) is 11.3 Å². The Morgan fingerprint density at radius 1 is 1.47 bits per heavy atom. The maximum atomic E-state index is 9.16. The van der Waals surface area contributed by atoms with Crippen molar-refractivity contribution in [1.82, 2.24) is 0 Å². The Bertz CT molecular complexity index is 388. The van der Waals surface area contributed by atoms with Crippen LogP contribution >= 0.6 is 11.6 Å². The van der Waals surface area contributed by atoms with Gasteiger partial charge in [-0.25, -0.2) is 0 Å². The van der Waals surface area contributed by atoms with Gasteiger partial charge in [0.15, 0.2) is 5.60 Å². The number of halogens is 1. The highest BCUT2D eigenvalue weighted by Gasteiger charge is 2.33. The minimum absolute atomic E-state index is 0.248. The van der Waals surface area contributed by atoms with E-state index in [0.29, 0.717) is 12.3 Å². The van der Waals surface area contributed by atoms with Gasteiger partial charge >= 0.3 is 0 Å². The number of phenols is 1. The third-order valence-corrected chi connectivity index (χ3v) is 2.97. The van der Waals surface area contributed by atoms with Gasteiger partial charge < -0.3 is 9.94 Å². The first-order valence-corrected chi connectivity index (χ1v) is 5.27. The van der Waals surface area contributed by atoms with Crippen LogP contribution in [0.3, 0.4) is 0 Å². The molecule has 1 unspecified atom stereocenters. The smallest absolute Gasteiger partial charge is 0.154 e. The van der Waals surface area contributed by atoms with Crippen LogP contribution in [0.5, 0.6) is 5.75 Å². The van der Waals surface area contributed by atoms with Crippen molar-refractivity contribution in [2.75, 3.05) is 5.88 Å². The van der Waals surface area contributed by atoms with Gasteiger partial charge in [-0.15, -0.1) is 11.6 Å². The zero-order valence-corrected chi connectivity index (χ0v) is 9.16. The summed E-state index contributed by atoms with van der Waals surface area (Å²) in [6.07, 6.45) is 0.696. The van der Waals surface area contributed by atoms with Crippen molar-refractivity contribution >= 4 is 17.3 Å². The molecule has 0 saturated carbocycles. The first kappa shape index (κ1) is 10.3. The second-order valence-corrected chi connectivity index (χ2v) is 4.20. The molecule has 15 heavy (non-hydrogen) atoms. The van der Waals surface area contributed by atoms with Crippen LogP contribution in [-0.4, -0.2) is 22.3 Å². The van der Waals surface area contributed by atoms with Gasteiger partial charge in [-0.3, -0.25) is 0 Å². The number of phenolic OH excluding ortho intramolecular Hbond substituents is 1. The summed E-state index contributed by atoms with van der Waals surface area (Å²) < 4.78 is 0. The molecule has 1 aromatic rings. The number of hydrogen-bond acceptors (Lipinski definition) is 3. The maximum absolute atomic E-state index is 9.16. The number of benzene rings is 1. The Balaban J connectivity index is 2.17. The monoisotopic (exact) mass is 225 g/mol. The first-order valence-electron chi connectivity index (χ1n) is 4.73. The van der Waals surface area contributed by atoms with Crippen molar-refractivity contribution in [3.63, 3.8) is 0 Å².